The summed E-state index contributed by atoms with van der Waals surface area (Å²) in [5, 5.41) is 15.3. The second-order valence-corrected chi connectivity index (χ2v) is 7.44. The van der Waals surface area contributed by atoms with Gasteiger partial charge in [-0.2, -0.15) is 0 Å². The number of aliphatic carboxylic acids is 1. The van der Waals surface area contributed by atoms with Gasteiger partial charge in [0.25, 0.3) is 5.91 Å². The molecule has 2 aliphatic rings. The molecule has 6 heteroatoms. The number of carboxylic acids is 1. The molecular weight excluding hydrogens is 352 g/mol. The molecule has 5 nitrogen and oxygen atoms in total. The predicted octanol–water partition coefficient (Wildman–Crippen LogP) is 3.34. The second kappa shape index (κ2) is 9.93. The summed E-state index contributed by atoms with van der Waals surface area (Å²) in [6, 6.07) is 8.24. The van der Waals surface area contributed by atoms with Crippen molar-refractivity contribution in [3.63, 3.8) is 0 Å². The van der Waals surface area contributed by atoms with Gasteiger partial charge in [0.15, 0.2) is 0 Å². The summed E-state index contributed by atoms with van der Waals surface area (Å²) < 4.78 is 0. The molecule has 144 valence electrons. The maximum atomic E-state index is 12.4. The van der Waals surface area contributed by atoms with Gasteiger partial charge in [-0.05, 0) is 74.6 Å². The van der Waals surface area contributed by atoms with E-state index in [2.05, 4.69) is 22.8 Å². The van der Waals surface area contributed by atoms with Crippen LogP contribution in [-0.2, 0) is 4.79 Å². The van der Waals surface area contributed by atoms with Gasteiger partial charge in [-0.3, -0.25) is 9.59 Å². The van der Waals surface area contributed by atoms with Crippen LogP contribution in [0.4, 0.5) is 0 Å². The molecule has 1 aromatic carbocycles. The Kier molecular flexibility index (Phi) is 7.91. The van der Waals surface area contributed by atoms with Gasteiger partial charge in [0.2, 0.25) is 0 Å². The average molecular weight is 381 g/mol. The summed E-state index contributed by atoms with van der Waals surface area (Å²) in [5.41, 5.74) is 2.03. The fraction of sp³-hybridized carbons (Fsp3) is 0.600. The van der Waals surface area contributed by atoms with Crippen LogP contribution in [0.15, 0.2) is 24.3 Å². The molecule has 1 amide bonds. The van der Waals surface area contributed by atoms with Crippen molar-refractivity contribution in [2.24, 2.45) is 5.92 Å². The Bertz CT molecular complexity index is 592. The first-order valence-corrected chi connectivity index (χ1v) is 9.45. The van der Waals surface area contributed by atoms with Gasteiger partial charge >= 0.3 is 5.97 Å². The topological polar surface area (TPSA) is 78.4 Å². The molecule has 0 aromatic heterocycles. The Labute approximate surface area is 161 Å². The Morgan fingerprint density at radius 3 is 2.35 bits per heavy atom. The summed E-state index contributed by atoms with van der Waals surface area (Å²) in [4.78, 5) is 23.1. The van der Waals surface area contributed by atoms with Crippen molar-refractivity contribution in [1.82, 2.24) is 10.6 Å². The third-order valence-electron chi connectivity index (χ3n) is 5.65. The minimum absolute atomic E-state index is 0. The van der Waals surface area contributed by atoms with Crippen LogP contribution in [0.5, 0.6) is 0 Å². The van der Waals surface area contributed by atoms with Crippen molar-refractivity contribution >= 4 is 24.3 Å². The second-order valence-electron chi connectivity index (χ2n) is 7.44. The summed E-state index contributed by atoms with van der Waals surface area (Å²) in [6.07, 6.45) is 6.08. The van der Waals surface area contributed by atoms with Crippen molar-refractivity contribution in [2.75, 3.05) is 13.1 Å². The van der Waals surface area contributed by atoms with E-state index in [-0.39, 0.29) is 30.8 Å². The number of carboxylic acid groups (broad SMARTS) is 1. The molecular formula is C20H29ClN2O3. The van der Waals surface area contributed by atoms with E-state index in [4.69, 9.17) is 5.11 Å². The van der Waals surface area contributed by atoms with Gasteiger partial charge in [-0.1, -0.05) is 12.1 Å². The molecule has 1 aliphatic carbocycles. The van der Waals surface area contributed by atoms with E-state index in [0.717, 1.165) is 57.2 Å². The van der Waals surface area contributed by atoms with Gasteiger partial charge in [0.05, 0.1) is 0 Å². The molecule has 0 radical (unpaired) electrons. The normalized spacial score (nSPS) is 25.3. The quantitative estimate of drug-likeness (QED) is 0.707. The maximum absolute atomic E-state index is 12.4. The lowest BCUT2D eigenvalue weighted by Crippen LogP contribution is -2.37. The van der Waals surface area contributed by atoms with E-state index in [1.54, 1.807) is 0 Å². The molecule has 0 bridgehead atoms. The molecule has 1 aliphatic heterocycles. The first-order valence-electron chi connectivity index (χ1n) is 9.45. The Balaban J connectivity index is 0.00000243. The van der Waals surface area contributed by atoms with Gasteiger partial charge in [-0.15, -0.1) is 12.4 Å². The van der Waals surface area contributed by atoms with Crippen LogP contribution >= 0.6 is 12.4 Å². The van der Waals surface area contributed by atoms with Gasteiger partial charge in [0.1, 0.15) is 0 Å². The summed E-state index contributed by atoms with van der Waals surface area (Å²) in [7, 11) is 0. The van der Waals surface area contributed by atoms with Crippen LogP contribution in [0.25, 0.3) is 0 Å². The monoisotopic (exact) mass is 380 g/mol. The number of nitrogens with one attached hydrogen (secondary N) is 2. The number of halogens is 1. The van der Waals surface area contributed by atoms with Crippen molar-refractivity contribution in [1.29, 1.82) is 0 Å². The molecule has 1 aromatic rings. The highest BCUT2D eigenvalue weighted by Gasteiger charge is 2.23. The third kappa shape index (κ3) is 5.71. The Hall–Kier alpha value is -1.59. The highest BCUT2D eigenvalue weighted by atomic mass is 35.5. The van der Waals surface area contributed by atoms with E-state index < -0.39 is 5.97 Å². The van der Waals surface area contributed by atoms with Crippen molar-refractivity contribution in [3.8, 4) is 0 Å². The molecule has 1 saturated heterocycles. The first kappa shape index (κ1) is 20.7. The molecule has 0 spiro atoms. The van der Waals surface area contributed by atoms with Crippen LogP contribution in [0.1, 0.15) is 66.8 Å². The van der Waals surface area contributed by atoms with Crippen molar-refractivity contribution in [3.05, 3.63) is 35.4 Å². The van der Waals surface area contributed by atoms with Crippen LogP contribution in [-0.4, -0.2) is 36.1 Å². The highest BCUT2D eigenvalue weighted by Crippen LogP contribution is 2.28. The molecule has 3 N–H and O–H groups in total. The molecule has 1 heterocycles. The van der Waals surface area contributed by atoms with Crippen LogP contribution in [0.3, 0.4) is 0 Å². The molecule has 26 heavy (non-hydrogen) atoms. The lowest BCUT2D eigenvalue weighted by atomic mass is 9.83. The summed E-state index contributed by atoms with van der Waals surface area (Å²) in [5.74, 6) is 0.346. The SMILES string of the molecule is Cl.O=C(O)CC[C@H]1CC[C@H](NC(=O)c2ccc(C3CCNC3)cc2)CC1. The van der Waals surface area contributed by atoms with Crippen LogP contribution in [0.2, 0.25) is 0 Å². The number of carbonyl (C=O) groups is 2. The number of hydrogen-bond donors (Lipinski definition) is 3. The molecule has 1 atom stereocenters. The molecule has 3 rings (SSSR count). The number of rotatable bonds is 6. The zero-order valence-electron chi connectivity index (χ0n) is 15.1. The summed E-state index contributed by atoms with van der Waals surface area (Å²) in [6.45, 7) is 2.10. The Morgan fingerprint density at radius 1 is 1.08 bits per heavy atom. The molecule has 1 saturated carbocycles. The Morgan fingerprint density at radius 2 is 1.77 bits per heavy atom. The van der Waals surface area contributed by atoms with E-state index in [9.17, 15) is 9.59 Å². The van der Waals surface area contributed by atoms with Gasteiger partial charge < -0.3 is 15.7 Å². The van der Waals surface area contributed by atoms with E-state index in [0.29, 0.717) is 11.8 Å². The fourth-order valence-electron chi connectivity index (χ4n) is 4.04. The standard InChI is InChI=1S/C20H28N2O3.ClH/c23-19(24)10-3-14-1-8-18(9-2-14)22-20(25)16-6-4-15(5-7-16)17-11-12-21-13-17;/h4-7,14,17-18,21H,1-3,8-13H2,(H,22,25)(H,23,24);1H/t14-,17?,18-;. The number of amides is 1. The largest absolute Gasteiger partial charge is 0.481 e. The minimum atomic E-state index is -0.716. The number of carbonyl (C=O) groups excluding carboxylic acids is 1. The number of benzene rings is 1. The minimum Gasteiger partial charge on any atom is -0.481 e. The zero-order chi connectivity index (χ0) is 17.6. The third-order valence-corrected chi connectivity index (χ3v) is 5.65. The maximum Gasteiger partial charge on any atom is 0.303 e. The highest BCUT2D eigenvalue weighted by molar-refractivity contribution is 5.94. The van der Waals surface area contributed by atoms with E-state index in [1.165, 1.54) is 5.56 Å². The summed E-state index contributed by atoms with van der Waals surface area (Å²) >= 11 is 0. The molecule has 1 unspecified atom stereocenters. The van der Waals surface area contributed by atoms with E-state index >= 15 is 0 Å². The van der Waals surface area contributed by atoms with Gasteiger partial charge in [0, 0.05) is 24.6 Å². The van der Waals surface area contributed by atoms with Crippen LogP contribution < -0.4 is 10.6 Å². The predicted molar refractivity (Wildman–Crippen MR) is 104 cm³/mol. The lowest BCUT2D eigenvalue weighted by molar-refractivity contribution is -0.137. The molecule has 2 fully saturated rings. The van der Waals surface area contributed by atoms with Crippen molar-refractivity contribution < 1.29 is 14.7 Å². The van der Waals surface area contributed by atoms with E-state index in [1.807, 2.05) is 12.1 Å². The lowest BCUT2D eigenvalue weighted by Gasteiger charge is -2.28. The average Bonchev–Trinajstić information content (AvgIpc) is 3.16. The van der Waals surface area contributed by atoms with Crippen molar-refractivity contribution in [2.45, 2.75) is 56.9 Å². The fourth-order valence-corrected chi connectivity index (χ4v) is 4.04. The number of hydrogen-bond acceptors (Lipinski definition) is 3. The smallest absolute Gasteiger partial charge is 0.303 e. The van der Waals surface area contributed by atoms with Gasteiger partial charge in [-0.25, -0.2) is 0 Å². The first-order chi connectivity index (χ1) is 12.1. The van der Waals surface area contributed by atoms with Crippen LogP contribution in [0, 0.1) is 5.92 Å². The zero-order valence-corrected chi connectivity index (χ0v) is 15.9.